The van der Waals surface area contributed by atoms with E-state index in [9.17, 15) is 4.39 Å². The minimum absolute atomic E-state index is 0.159. The summed E-state index contributed by atoms with van der Waals surface area (Å²) >= 11 is 0. The van der Waals surface area contributed by atoms with Crippen molar-refractivity contribution in [2.24, 2.45) is 0 Å². The lowest BCUT2D eigenvalue weighted by Crippen LogP contribution is -2.39. The van der Waals surface area contributed by atoms with Crippen molar-refractivity contribution in [1.29, 1.82) is 0 Å². The molecule has 0 bridgehead atoms. The molecule has 0 aromatic heterocycles. The minimum Gasteiger partial charge on any atom is -0.382 e. The molecule has 0 aliphatic carbocycles. The van der Waals surface area contributed by atoms with E-state index < -0.39 is 0 Å². The monoisotopic (exact) mass is 276 g/mol. The predicted molar refractivity (Wildman–Crippen MR) is 83.7 cm³/mol. The van der Waals surface area contributed by atoms with Crippen LogP contribution in [-0.4, -0.2) is 30.6 Å². The molecule has 1 aliphatic rings. The number of rotatable bonds is 4. The van der Waals surface area contributed by atoms with E-state index in [1.54, 1.807) is 12.1 Å². The van der Waals surface area contributed by atoms with Crippen LogP contribution in [0.15, 0.2) is 29.8 Å². The molecule has 1 heterocycles. The quantitative estimate of drug-likeness (QED) is 0.837. The van der Waals surface area contributed by atoms with Gasteiger partial charge in [-0.15, -0.1) is 0 Å². The smallest absolute Gasteiger partial charge is 0.125 e. The Labute approximate surface area is 121 Å². The summed E-state index contributed by atoms with van der Waals surface area (Å²) in [5.41, 5.74) is 3.25. The second-order valence-corrected chi connectivity index (χ2v) is 6.02. The zero-order chi connectivity index (χ0) is 14.5. The molecule has 0 unspecified atom stereocenters. The number of nitrogens with zero attached hydrogens (tertiary/aromatic N) is 1. The molecule has 1 saturated heterocycles. The van der Waals surface area contributed by atoms with E-state index in [4.69, 9.17) is 0 Å². The number of halogens is 1. The summed E-state index contributed by atoms with van der Waals surface area (Å²) < 4.78 is 13.4. The molecule has 110 valence electrons. The number of allylic oxidation sites excluding steroid dienone is 1. The van der Waals surface area contributed by atoms with Crippen LogP contribution in [0.3, 0.4) is 0 Å². The number of aryl methyl sites for hydroxylation is 1. The summed E-state index contributed by atoms with van der Waals surface area (Å²) in [4.78, 5) is 2.47. The van der Waals surface area contributed by atoms with Crippen molar-refractivity contribution in [2.45, 2.75) is 39.7 Å². The molecule has 1 aromatic carbocycles. The van der Waals surface area contributed by atoms with E-state index in [1.165, 1.54) is 5.57 Å². The van der Waals surface area contributed by atoms with Crippen molar-refractivity contribution < 1.29 is 4.39 Å². The van der Waals surface area contributed by atoms with Crippen LogP contribution in [0.5, 0.6) is 0 Å². The van der Waals surface area contributed by atoms with Gasteiger partial charge in [-0.2, -0.15) is 0 Å². The van der Waals surface area contributed by atoms with Gasteiger partial charge in [-0.25, -0.2) is 4.39 Å². The summed E-state index contributed by atoms with van der Waals surface area (Å²) in [6.45, 7) is 9.47. The second kappa shape index (κ2) is 6.89. The summed E-state index contributed by atoms with van der Waals surface area (Å²) in [6.07, 6.45) is 4.52. The number of likely N-dealkylation sites (tertiary alicyclic amines) is 1. The minimum atomic E-state index is -0.159. The van der Waals surface area contributed by atoms with Crippen LogP contribution in [-0.2, 0) is 0 Å². The first-order valence-corrected chi connectivity index (χ1v) is 7.42. The van der Waals surface area contributed by atoms with Gasteiger partial charge in [0.15, 0.2) is 0 Å². The highest BCUT2D eigenvalue weighted by atomic mass is 19.1. The average molecular weight is 276 g/mol. The second-order valence-electron chi connectivity index (χ2n) is 6.02. The van der Waals surface area contributed by atoms with Gasteiger partial charge in [0.05, 0.1) is 0 Å². The largest absolute Gasteiger partial charge is 0.382 e. The Morgan fingerprint density at radius 2 is 2.00 bits per heavy atom. The molecule has 1 aliphatic heterocycles. The Morgan fingerprint density at radius 3 is 2.60 bits per heavy atom. The van der Waals surface area contributed by atoms with Crippen molar-refractivity contribution in [2.75, 3.05) is 25.0 Å². The van der Waals surface area contributed by atoms with Gasteiger partial charge in [-0.1, -0.05) is 11.6 Å². The fraction of sp³-hybridized carbons (Fsp3) is 0.529. The molecule has 2 rings (SSSR count). The Kier molecular flexibility index (Phi) is 5.18. The zero-order valence-electron chi connectivity index (χ0n) is 12.7. The average Bonchev–Trinajstić information content (AvgIpc) is 2.36. The zero-order valence-corrected chi connectivity index (χ0v) is 12.7. The Morgan fingerprint density at radius 1 is 1.30 bits per heavy atom. The van der Waals surface area contributed by atoms with Gasteiger partial charge >= 0.3 is 0 Å². The van der Waals surface area contributed by atoms with Crippen LogP contribution >= 0.6 is 0 Å². The summed E-state index contributed by atoms with van der Waals surface area (Å²) in [7, 11) is 0. The van der Waals surface area contributed by atoms with Gasteiger partial charge < -0.3 is 5.32 Å². The molecule has 0 radical (unpaired) electrons. The van der Waals surface area contributed by atoms with Crippen molar-refractivity contribution in [3.63, 3.8) is 0 Å². The molecule has 3 heteroatoms. The van der Waals surface area contributed by atoms with Gasteiger partial charge in [0.1, 0.15) is 5.82 Å². The van der Waals surface area contributed by atoms with E-state index in [0.717, 1.165) is 43.7 Å². The first-order chi connectivity index (χ1) is 9.52. The van der Waals surface area contributed by atoms with Crippen LogP contribution in [0, 0.1) is 12.7 Å². The number of hydrogen-bond donors (Lipinski definition) is 1. The number of anilines is 1. The van der Waals surface area contributed by atoms with E-state index in [0.29, 0.717) is 6.04 Å². The standard InChI is InChI=1S/C17H25FN2/c1-13(2)4-7-20-8-5-16(6-9-20)19-17-11-14(3)10-15(18)12-17/h4,10-12,16,19H,5-9H2,1-3H3. The first-order valence-electron chi connectivity index (χ1n) is 7.42. The molecule has 1 N–H and O–H groups in total. The van der Waals surface area contributed by atoms with Gasteiger partial charge in [-0.3, -0.25) is 4.90 Å². The lowest BCUT2D eigenvalue weighted by atomic mass is 10.0. The number of hydrogen-bond acceptors (Lipinski definition) is 2. The predicted octanol–water partition coefficient (Wildman–Crippen LogP) is 3.98. The maximum atomic E-state index is 13.4. The molecule has 1 fully saturated rings. The highest BCUT2D eigenvalue weighted by Gasteiger charge is 2.18. The van der Waals surface area contributed by atoms with Crippen molar-refractivity contribution in [3.05, 3.63) is 41.2 Å². The van der Waals surface area contributed by atoms with Crippen LogP contribution in [0.2, 0.25) is 0 Å². The summed E-state index contributed by atoms with van der Waals surface area (Å²) in [6, 6.07) is 5.62. The Bertz CT molecular complexity index is 450. The van der Waals surface area contributed by atoms with E-state index in [1.807, 2.05) is 13.0 Å². The van der Waals surface area contributed by atoms with E-state index >= 15 is 0 Å². The van der Waals surface area contributed by atoms with Crippen molar-refractivity contribution in [1.82, 2.24) is 4.90 Å². The molecule has 2 nitrogen and oxygen atoms in total. The third-order valence-electron chi connectivity index (χ3n) is 3.76. The molecular weight excluding hydrogens is 251 g/mol. The highest BCUT2D eigenvalue weighted by molar-refractivity contribution is 5.46. The SMILES string of the molecule is CC(C)=CCN1CCC(Nc2cc(C)cc(F)c2)CC1. The fourth-order valence-corrected chi connectivity index (χ4v) is 2.63. The lowest BCUT2D eigenvalue weighted by Gasteiger charge is -2.32. The molecule has 0 amide bonds. The Hall–Kier alpha value is -1.35. The third kappa shape index (κ3) is 4.64. The number of nitrogens with one attached hydrogen (secondary N) is 1. The molecule has 0 atom stereocenters. The van der Waals surface area contributed by atoms with Crippen LogP contribution in [0.1, 0.15) is 32.3 Å². The topological polar surface area (TPSA) is 15.3 Å². The molecule has 1 aromatic rings. The van der Waals surface area contributed by atoms with E-state index in [-0.39, 0.29) is 5.82 Å². The van der Waals surface area contributed by atoms with Crippen molar-refractivity contribution >= 4 is 5.69 Å². The van der Waals surface area contributed by atoms with Crippen LogP contribution in [0.4, 0.5) is 10.1 Å². The number of piperidine rings is 1. The third-order valence-corrected chi connectivity index (χ3v) is 3.76. The summed E-state index contributed by atoms with van der Waals surface area (Å²) in [5.74, 6) is -0.159. The van der Waals surface area contributed by atoms with Gasteiger partial charge in [0.2, 0.25) is 0 Å². The maximum Gasteiger partial charge on any atom is 0.125 e. The molecule has 20 heavy (non-hydrogen) atoms. The lowest BCUT2D eigenvalue weighted by molar-refractivity contribution is 0.240. The molecular formula is C17H25FN2. The normalized spacial score (nSPS) is 17.0. The molecule has 0 spiro atoms. The Balaban J connectivity index is 1.83. The van der Waals surface area contributed by atoms with Crippen molar-refractivity contribution in [3.8, 4) is 0 Å². The highest BCUT2D eigenvalue weighted by Crippen LogP contribution is 2.19. The van der Waals surface area contributed by atoms with Crippen LogP contribution < -0.4 is 5.32 Å². The van der Waals surface area contributed by atoms with Crippen LogP contribution in [0.25, 0.3) is 0 Å². The van der Waals surface area contributed by atoms with Gasteiger partial charge in [-0.05, 0) is 57.4 Å². The van der Waals surface area contributed by atoms with E-state index in [2.05, 4.69) is 30.1 Å². The van der Waals surface area contributed by atoms with Gasteiger partial charge in [0.25, 0.3) is 0 Å². The first kappa shape index (κ1) is 15.0. The number of benzene rings is 1. The summed E-state index contributed by atoms with van der Waals surface area (Å²) in [5, 5.41) is 3.47. The maximum absolute atomic E-state index is 13.4. The van der Waals surface area contributed by atoms with Gasteiger partial charge in [0, 0.05) is 31.4 Å². The fourth-order valence-electron chi connectivity index (χ4n) is 2.63. The molecule has 0 saturated carbocycles.